The fourth-order valence-corrected chi connectivity index (χ4v) is 1.76. The normalized spacial score (nSPS) is 10.6. The van der Waals surface area contributed by atoms with Crippen LogP contribution in [0, 0.1) is 10.1 Å². The highest BCUT2D eigenvalue weighted by molar-refractivity contribution is 6.01. The van der Waals surface area contributed by atoms with Crippen molar-refractivity contribution in [2.45, 2.75) is 32.2 Å². The van der Waals surface area contributed by atoms with E-state index in [2.05, 4.69) is 5.32 Å². The van der Waals surface area contributed by atoms with Crippen molar-refractivity contribution in [2.24, 2.45) is 5.73 Å². The molecule has 0 aromatic heterocycles. The van der Waals surface area contributed by atoms with Gasteiger partial charge in [-0.25, -0.2) is 0 Å². The zero-order valence-corrected chi connectivity index (χ0v) is 12.9. The molecule has 0 saturated carbocycles. The van der Waals surface area contributed by atoms with E-state index in [9.17, 15) is 14.9 Å². The Hall–Kier alpha value is -1.86. The van der Waals surface area contributed by atoms with Gasteiger partial charge in [0, 0.05) is 18.2 Å². The number of amides is 1. The summed E-state index contributed by atoms with van der Waals surface area (Å²) in [5.41, 5.74) is 10.9. The minimum atomic E-state index is -0.614. The quantitative estimate of drug-likeness (QED) is 0.419. The maximum absolute atomic E-state index is 12.0. The lowest BCUT2D eigenvalue weighted by Gasteiger charge is -2.26. The summed E-state index contributed by atoms with van der Waals surface area (Å²) < 4.78 is 0. The number of carbonyl (C=O) groups excluding carboxylic acids is 1. The molecule has 7 nitrogen and oxygen atoms in total. The predicted octanol–water partition coefficient (Wildman–Crippen LogP) is 1.85. The average Bonchev–Trinajstić information content (AvgIpc) is 2.44. The molecule has 0 radical (unpaired) electrons. The first-order valence-corrected chi connectivity index (χ1v) is 6.44. The van der Waals surface area contributed by atoms with Crippen molar-refractivity contribution in [2.75, 3.05) is 12.3 Å². The number of anilines is 1. The molecule has 0 heterocycles. The molecular formula is C13H21ClN4O3. The van der Waals surface area contributed by atoms with Gasteiger partial charge >= 0.3 is 0 Å². The zero-order chi connectivity index (χ0) is 15.3. The number of para-hydroxylation sites is 1. The van der Waals surface area contributed by atoms with E-state index < -0.39 is 16.4 Å². The lowest BCUT2D eigenvalue weighted by Crippen LogP contribution is -2.49. The molecule has 0 aliphatic heterocycles. The third-order valence-corrected chi connectivity index (χ3v) is 3.53. The number of carbonyl (C=O) groups is 1. The number of hydrogen-bond donors (Lipinski definition) is 3. The molecule has 1 aromatic carbocycles. The average molecular weight is 317 g/mol. The highest BCUT2D eigenvalue weighted by Crippen LogP contribution is 2.24. The lowest BCUT2D eigenvalue weighted by molar-refractivity contribution is -0.383. The number of rotatable bonds is 6. The van der Waals surface area contributed by atoms with E-state index in [1.54, 1.807) is 0 Å². The molecule has 1 aromatic rings. The minimum Gasteiger partial charge on any atom is -0.393 e. The van der Waals surface area contributed by atoms with Crippen LogP contribution in [-0.4, -0.2) is 22.9 Å². The van der Waals surface area contributed by atoms with Gasteiger partial charge in [0.25, 0.3) is 11.6 Å². The van der Waals surface area contributed by atoms with Crippen LogP contribution >= 0.6 is 12.4 Å². The van der Waals surface area contributed by atoms with Crippen LogP contribution in [0.25, 0.3) is 0 Å². The monoisotopic (exact) mass is 316 g/mol. The Morgan fingerprint density at radius 1 is 1.38 bits per heavy atom. The number of nitro groups is 1. The van der Waals surface area contributed by atoms with Gasteiger partial charge in [0.2, 0.25) is 0 Å². The Labute approximate surface area is 129 Å². The predicted molar refractivity (Wildman–Crippen MR) is 84.6 cm³/mol. The summed E-state index contributed by atoms with van der Waals surface area (Å²) in [4.78, 5) is 22.2. The topological polar surface area (TPSA) is 124 Å². The number of halogens is 1. The van der Waals surface area contributed by atoms with E-state index >= 15 is 0 Å². The molecule has 21 heavy (non-hydrogen) atoms. The Balaban J connectivity index is 0.00000400. The maximum Gasteiger partial charge on any atom is 0.292 e. The maximum atomic E-state index is 12.0. The summed E-state index contributed by atoms with van der Waals surface area (Å²) in [7, 11) is 0. The Kier molecular flexibility index (Phi) is 7.11. The van der Waals surface area contributed by atoms with E-state index in [4.69, 9.17) is 11.5 Å². The fraction of sp³-hybridized carbons (Fsp3) is 0.462. The van der Waals surface area contributed by atoms with Crippen molar-refractivity contribution in [3.05, 3.63) is 33.9 Å². The van der Waals surface area contributed by atoms with E-state index in [1.165, 1.54) is 18.2 Å². The third-order valence-electron chi connectivity index (χ3n) is 3.53. The van der Waals surface area contributed by atoms with Crippen LogP contribution in [0.4, 0.5) is 11.4 Å². The first kappa shape index (κ1) is 19.1. The van der Waals surface area contributed by atoms with Crippen molar-refractivity contribution < 1.29 is 9.72 Å². The van der Waals surface area contributed by atoms with Crippen molar-refractivity contribution in [3.8, 4) is 0 Å². The number of nitrogens with zero attached hydrogens (tertiary/aromatic N) is 1. The van der Waals surface area contributed by atoms with Gasteiger partial charge in [-0.1, -0.05) is 19.9 Å². The Morgan fingerprint density at radius 3 is 2.43 bits per heavy atom. The van der Waals surface area contributed by atoms with Crippen LogP contribution in [0.3, 0.4) is 0 Å². The van der Waals surface area contributed by atoms with Gasteiger partial charge in [0.15, 0.2) is 0 Å². The number of nitrogen functional groups attached to an aromatic ring is 1. The van der Waals surface area contributed by atoms with Crippen LogP contribution in [0.5, 0.6) is 0 Å². The second kappa shape index (κ2) is 7.80. The first-order valence-electron chi connectivity index (χ1n) is 6.44. The fourth-order valence-electron chi connectivity index (χ4n) is 1.76. The molecule has 0 saturated heterocycles. The van der Waals surface area contributed by atoms with E-state index in [1.807, 2.05) is 13.8 Å². The largest absolute Gasteiger partial charge is 0.393 e. The third kappa shape index (κ3) is 4.57. The Bertz CT molecular complexity index is 518. The molecule has 118 valence electrons. The van der Waals surface area contributed by atoms with Crippen LogP contribution in [0.15, 0.2) is 18.2 Å². The second-order valence-corrected chi connectivity index (χ2v) is 4.75. The lowest BCUT2D eigenvalue weighted by atomic mass is 9.94. The van der Waals surface area contributed by atoms with Gasteiger partial charge in [-0.2, -0.15) is 0 Å². The summed E-state index contributed by atoms with van der Waals surface area (Å²) in [5, 5.41) is 13.5. The van der Waals surface area contributed by atoms with Crippen LogP contribution < -0.4 is 16.8 Å². The molecule has 1 rings (SSSR count). The standard InChI is InChI=1S/C13H20N4O3.ClH/c1-3-13(15,4-2)8-16-12(18)9-6-5-7-10(11(9)14)17(19)20;/h5-7H,3-4,8,14-15H2,1-2H3,(H,16,18);1H. The molecule has 0 atom stereocenters. The second-order valence-electron chi connectivity index (χ2n) is 4.75. The molecule has 0 aliphatic rings. The minimum absolute atomic E-state index is 0. The van der Waals surface area contributed by atoms with Gasteiger partial charge in [0.05, 0.1) is 10.5 Å². The highest BCUT2D eigenvalue weighted by Gasteiger charge is 2.23. The molecule has 5 N–H and O–H groups in total. The van der Waals surface area contributed by atoms with E-state index in [0.717, 1.165) is 0 Å². The smallest absolute Gasteiger partial charge is 0.292 e. The number of nitrogens with two attached hydrogens (primary N) is 2. The van der Waals surface area contributed by atoms with Gasteiger partial charge in [-0.15, -0.1) is 12.4 Å². The SMILES string of the molecule is CCC(N)(CC)CNC(=O)c1cccc([N+](=O)[O-])c1N.Cl. The summed E-state index contributed by atoms with van der Waals surface area (Å²) in [6, 6.07) is 4.14. The molecule has 0 spiro atoms. The zero-order valence-electron chi connectivity index (χ0n) is 12.1. The number of nitrogens with one attached hydrogen (secondary N) is 1. The van der Waals surface area contributed by atoms with Crippen LogP contribution in [-0.2, 0) is 0 Å². The summed E-state index contributed by atoms with van der Waals surface area (Å²) in [5.74, 6) is -0.456. The Morgan fingerprint density at radius 2 is 1.95 bits per heavy atom. The van der Waals surface area contributed by atoms with Crippen molar-refractivity contribution in [1.29, 1.82) is 0 Å². The van der Waals surface area contributed by atoms with Gasteiger partial charge in [-0.05, 0) is 18.9 Å². The van der Waals surface area contributed by atoms with Gasteiger partial charge in [0.1, 0.15) is 5.69 Å². The number of nitro benzene ring substituents is 1. The van der Waals surface area contributed by atoms with E-state index in [0.29, 0.717) is 19.4 Å². The van der Waals surface area contributed by atoms with Crippen LogP contribution in [0.1, 0.15) is 37.0 Å². The molecule has 0 fully saturated rings. The molecule has 0 unspecified atom stereocenters. The summed E-state index contributed by atoms with van der Waals surface area (Å²) in [6.07, 6.45) is 1.43. The summed E-state index contributed by atoms with van der Waals surface area (Å²) >= 11 is 0. The molecule has 1 amide bonds. The van der Waals surface area contributed by atoms with Crippen molar-refractivity contribution in [3.63, 3.8) is 0 Å². The molecule has 0 aliphatic carbocycles. The number of benzene rings is 1. The highest BCUT2D eigenvalue weighted by atomic mass is 35.5. The van der Waals surface area contributed by atoms with Crippen LogP contribution in [0.2, 0.25) is 0 Å². The molecule has 0 bridgehead atoms. The van der Waals surface area contributed by atoms with Crippen molar-refractivity contribution in [1.82, 2.24) is 5.32 Å². The van der Waals surface area contributed by atoms with Gasteiger partial charge in [-0.3, -0.25) is 14.9 Å². The van der Waals surface area contributed by atoms with E-state index in [-0.39, 0.29) is 29.3 Å². The van der Waals surface area contributed by atoms with Gasteiger partial charge < -0.3 is 16.8 Å². The first-order chi connectivity index (χ1) is 9.34. The molecular weight excluding hydrogens is 296 g/mol. The molecule has 8 heteroatoms. The number of hydrogen-bond acceptors (Lipinski definition) is 5. The van der Waals surface area contributed by atoms with Crippen molar-refractivity contribution >= 4 is 29.7 Å². The summed E-state index contributed by atoms with van der Waals surface area (Å²) in [6.45, 7) is 4.18.